The molecule has 0 saturated carbocycles. The van der Waals surface area contributed by atoms with Gasteiger partial charge in [-0.05, 0) is 20.8 Å². The van der Waals surface area contributed by atoms with Gasteiger partial charge in [0.25, 0.3) is 10.0 Å². The second-order valence-corrected chi connectivity index (χ2v) is 9.09. The van der Waals surface area contributed by atoms with Crippen molar-refractivity contribution in [3.05, 3.63) is 11.2 Å². The van der Waals surface area contributed by atoms with E-state index in [2.05, 4.69) is 9.88 Å². The van der Waals surface area contributed by atoms with E-state index in [4.69, 9.17) is 0 Å². The van der Waals surface area contributed by atoms with E-state index >= 15 is 0 Å². The number of hydrogen-bond acceptors (Lipinski definition) is 6. The van der Waals surface area contributed by atoms with E-state index in [-0.39, 0.29) is 0 Å². The molecule has 0 aromatic carbocycles. The molecule has 8 heteroatoms. The number of nitrogens with zero attached hydrogens (tertiary/aromatic N) is 3. The van der Waals surface area contributed by atoms with Crippen molar-refractivity contribution in [1.29, 1.82) is 0 Å². The molecule has 6 nitrogen and oxygen atoms in total. The highest BCUT2D eigenvalue weighted by Gasteiger charge is 2.31. The zero-order valence-corrected chi connectivity index (χ0v) is 13.7. The Morgan fingerprint density at radius 2 is 1.95 bits per heavy atom. The average molecular weight is 319 g/mol. The lowest BCUT2D eigenvalue weighted by atomic mass is 10.1. The molecule has 2 heterocycles. The molecule has 0 radical (unpaired) electrons. The van der Waals surface area contributed by atoms with Crippen LogP contribution in [0.15, 0.2) is 10.4 Å². The van der Waals surface area contributed by atoms with Crippen LogP contribution in [0, 0.1) is 6.92 Å². The number of aliphatic hydroxyl groups is 1. The van der Waals surface area contributed by atoms with Gasteiger partial charge in [0.05, 0.1) is 16.8 Å². The number of sulfonamides is 1. The second-order valence-electron chi connectivity index (χ2n) is 5.69. The molecule has 0 spiro atoms. The first-order valence-corrected chi connectivity index (χ1v) is 8.81. The van der Waals surface area contributed by atoms with Gasteiger partial charge in [0.2, 0.25) is 0 Å². The smallest absolute Gasteiger partial charge is 0.254 e. The summed E-state index contributed by atoms with van der Waals surface area (Å²) < 4.78 is 26.7. The summed E-state index contributed by atoms with van der Waals surface area (Å²) in [6, 6.07) is 0. The Labute approximate surface area is 124 Å². The van der Waals surface area contributed by atoms with Crippen LogP contribution in [0.1, 0.15) is 18.9 Å². The Hall–Kier alpha value is -0.540. The molecule has 1 saturated heterocycles. The summed E-state index contributed by atoms with van der Waals surface area (Å²) in [5.74, 6) is 0. The van der Waals surface area contributed by atoms with Crippen molar-refractivity contribution in [3.63, 3.8) is 0 Å². The predicted molar refractivity (Wildman–Crippen MR) is 78.3 cm³/mol. The monoisotopic (exact) mass is 319 g/mol. The van der Waals surface area contributed by atoms with Gasteiger partial charge in [-0.25, -0.2) is 13.4 Å². The van der Waals surface area contributed by atoms with Crippen LogP contribution in [0.2, 0.25) is 0 Å². The Bertz CT molecular complexity index is 555. The third kappa shape index (κ3) is 3.76. The topological polar surface area (TPSA) is 73.7 Å². The molecule has 20 heavy (non-hydrogen) atoms. The summed E-state index contributed by atoms with van der Waals surface area (Å²) >= 11 is 1.20. The molecule has 0 amide bonds. The zero-order valence-electron chi connectivity index (χ0n) is 12.0. The summed E-state index contributed by atoms with van der Waals surface area (Å²) in [5, 5.41) is 10.6. The Balaban J connectivity index is 2.00. The molecular weight excluding hydrogens is 298 g/mol. The molecule has 0 atom stereocenters. The maximum atomic E-state index is 12.4. The molecule has 0 aliphatic carbocycles. The van der Waals surface area contributed by atoms with Crippen LogP contribution in [0.25, 0.3) is 0 Å². The summed E-state index contributed by atoms with van der Waals surface area (Å²) in [6.45, 7) is 8.06. The van der Waals surface area contributed by atoms with E-state index in [1.165, 1.54) is 21.8 Å². The molecule has 114 valence electrons. The molecule has 1 fully saturated rings. The van der Waals surface area contributed by atoms with E-state index in [1.54, 1.807) is 20.8 Å². The first kappa shape index (κ1) is 15.8. The van der Waals surface area contributed by atoms with E-state index in [0.29, 0.717) is 36.9 Å². The van der Waals surface area contributed by atoms with Crippen molar-refractivity contribution in [3.8, 4) is 0 Å². The fourth-order valence-corrected chi connectivity index (χ4v) is 4.95. The zero-order chi connectivity index (χ0) is 15.0. The second kappa shape index (κ2) is 5.69. The van der Waals surface area contributed by atoms with Crippen LogP contribution in [0.3, 0.4) is 0 Å². The lowest BCUT2D eigenvalue weighted by molar-refractivity contribution is 0.0263. The number of β-amino-alcohol motifs (C(OH)–C–C–N with tert-alkyl or cyclic N) is 1. The van der Waals surface area contributed by atoms with Crippen molar-refractivity contribution in [2.24, 2.45) is 0 Å². The minimum atomic E-state index is -3.41. The van der Waals surface area contributed by atoms with E-state index in [0.717, 1.165) is 5.01 Å². The predicted octanol–water partition coefficient (Wildman–Crippen LogP) is 0.529. The van der Waals surface area contributed by atoms with E-state index < -0.39 is 15.6 Å². The van der Waals surface area contributed by atoms with Crippen LogP contribution in [-0.4, -0.2) is 66.0 Å². The average Bonchev–Trinajstić information content (AvgIpc) is 2.75. The highest BCUT2D eigenvalue weighted by atomic mass is 32.2. The van der Waals surface area contributed by atoms with Gasteiger partial charge in [0, 0.05) is 32.7 Å². The minimum absolute atomic E-state index is 0.311. The number of piperazine rings is 1. The van der Waals surface area contributed by atoms with Crippen molar-refractivity contribution >= 4 is 21.4 Å². The largest absolute Gasteiger partial charge is 0.389 e. The third-order valence-electron chi connectivity index (χ3n) is 3.14. The lowest BCUT2D eigenvalue weighted by Gasteiger charge is -2.36. The normalized spacial score (nSPS) is 19.4. The van der Waals surface area contributed by atoms with Gasteiger partial charge in [0.1, 0.15) is 0 Å². The number of hydrogen-bond donors (Lipinski definition) is 1. The van der Waals surface area contributed by atoms with Crippen molar-refractivity contribution in [2.45, 2.75) is 30.6 Å². The number of aryl methyl sites for hydroxylation is 1. The molecular formula is C12H21N3O3S2. The summed E-state index contributed by atoms with van der Waals surface area (Å²) in [5.41, 5.74) is -0.754. The molecule has 1 aliphatic rings. The Kier molecular flexibility index (Phi) is 4.50. The van der Waals surface area contributed by atoms with Gasteiger partial charge >= 0.3 is 0 Å². The summed E-state index contributed by atoms with van der Waals surface area (Å²) in [4.78, 5) is 6.10. The van der Waals surface area contributed by atoms with Crippen molar-refractivity contribution < 1.29 is 13.5 Å². The van der Waals surface area contributed by atoms with Gasteiger partial charge in [-0.15, -0.1) is 11.3 Å². The molecule has 1 aromatic rings. The third-order valence-corrected chi connectivity index (χ3v) is 6.38. The van der Waals surface area contributed by atoms with Gasteiger partial charge in [-0.2, -0.15) is 4.31 Å². The Morgan fingerprint density at radius 1 is 1.35 bits per heavy atom. The Morgan fingerprint density at radius 3 is 2.40 bits per heavy atom. The SMILES string of the molecule is Cc1ncc(S(=O)(=O)N2CCN(CC(C)(C)O)CC2)s1. The van der Waals surface area contributed by atoms with Gasteiger partial charge in [0.15, 0.2) is 4.21 Å². The fraction of sp³-hybridized carbons (Fsp3) is 0.750. The first-order chi connectivity index (χ1) is 9.18. The first-order valence-electron chi connectivity index (χ1n) is 6.56. The quantitative estimate of drug-likeness (QED) is 0.876. The standard InChI is InChI=1S/C12H21N3O3S2/c1-10-13-8-11(19-10)20(17,18)15-6-4-14(5-7-15)9-12(2,3)16/h8,16H,4-7,9H2,1-3H3. The number of rotatable bonds is 4. The van der Waals surface area contributed by atoms with Crippen LogP contribution in [0.5, 0.6) is 0 Å². The van der Waals surface area contributed by atoms with Crippen LogP contribution >= 0.6 is 11.3 Å². The molecule has 2 rings (SSSR count). The van der Waals surface area contributed by atoms with Crippen molar-refractivity contribution in [1.82, 2.24) is 14.2 Å². The molecule has 1 aliphatic heterocycles. The van der Waals surface area contributed by atoms with Gasteiger partial charge in [-0.3, -0.25) is 4.90 Å². The number of thiazole rings is 1. The molecule has 0 bridgehead atoms. The maximum Gasteiger partial charge on any atom is 0.254 e. The van der Waals surface area contributed by atoms with Gasteiger partial charge < -0.3 is 5.11 Å². The van der Waals surface area contributed by atoms with E-state index in [9.17, 15) is 13.5 Å². The van der Waals surface area contributed by atoms with Crippen LogP contribution < -0.4 is 0 Å². The summed E-state index contributed by atoms with van der Waals surface area (Å²) in [7, 11) is -3.41. The van der Waals surface area contributed by atoms with Crippen LogP contribution in [0.4, 0.5) is 0 Å². The van der Waals surface area contributed by atoms with Gasteiger partial charge in [-0.1, -0.05) is 0 Å². The maximum absolute atomic E-state index is 12.4. The van der Waals surface area contributed by atoms with Crippen molar-refractivity contribution in [2.75, 3.05) is 32.7 Å². The minimum Gasteiger partial charge on any atom is -0.389 e. The number of aromatic nitrogens is 1. The van der Waals surface area contributed by atoms with E-state index in [1.807, 2.05) is 0 Å². The fourth-order valence-electron chi connectivity index (χ4n) is 2.26. The molecule has 0 unspecified atom stereocenters. The van der Waals surface area contributed by atoms with Crippen LogP contribution in [-0.2, 0) is 10.0 Å². The lowest BCUT2D eigenvalue weighted by Crippen LogP contribution is -2.51. The molecule has 1 aromatic heterocycles. The molecule has 1 N–H and O–H groups in total. The highest BCUT2D eigenvalue weighted by molar-refractivity contribution is 7.91. The summed E-state index contributed by atoms with van der Waals surface area (Å²) in [6.07, 6.45) is 1.43. The highest BCUT2D eigenvalue weighted by Crippen LogP contribution is 2.23.